The van der Waals surface area contributed by atoms with Gasteiger partial charge in [-0.1, -0.05) is 127 Å². The normalized spacial score (nSPS) is 11.3. The maximum atomic E-state index is 11.4. The Bertz CT molecular complexity index is 1620. The molecule has 188 valence electrons. The molecule has 6 nitrogen and oxygen atoms in total. The van der Waals surface area contributed by atoms with Crippen LogP contribution in [0.25, 0.3) is 22.5 Å². The molecule has 5 aromatic carbocycles. The van der Waals surface area contributed by atoms with Crippen LogP contribution in [-0.4, -0.2) is 31.3 Å². The van der Waals surface area contributed by atoms with Gasteiger partial charge in [-0.15, -0.1) is 5.10 Å². The van der Waals surface area contributed by atoms with Gasteiger partial charge < -0.3 is 5.11 Å². The number of carboxylic acids is 1. The summed E-state index contributed by atoms with van der Waals surface area (Å²) < 4.78 is 1.90. The average molecular weight is 509 g/mol. The zero-order chi connectivity index (χ0) is 26.7. The fraction of sp³-hybridized carbons (Fsp3) is 0.0303. The van der Waals surface area contributed by atoms with E-state index in [0.29, 0.717) is 5.82 Å². The number of benzene rings is 5. The molecule has 1 heterocycles. The molecule has 0 radical (unpaired) electrons. The summed E-state index contributed by atoms with van der Waals surface area (Å²) in [5.74, 6) is -0.374. The lowest BCUT2D eigenvalue weighted by Crippen LogP contribution is -2.39. The number of rotatable bonds is 7. The molecule has 0 aliphatic rings. The highest BCUT2D eigenvalue weighted by molar-refractivity contribution is 5.89. The van der Waals surface area contributed by atoms with Gasteiger partial charge in [-0.3, -0.25) is 0 Å². The largest absolute Gasteiger partial charge is 0.478 e. The number of tetrazole rings is 1. The number of nitrogens with zero attached hydrogens (tertiary/aromatic N) is 4. The van der Waals surface area contributed by atoms with Crippen molar-refractivity contribution in [2.45, 2.75) is 5.54 Å². The van der Waals surface area contributed by atoms with Crippen molar-refractivity contribution in [1.29, 1.82) is 0 Å². The highest BCUT2D eigenvalue weighted by Crippen LogP contribution is 2.43. The zero-order valence-corrected chi connectivity index (χ0v) is 20.9. The van der Waals surface area contributed by atoms with Crippen LogP contribution in [0.1, 0.15) is 27.0 Å². The van der Waals surface area contributed by atoms with Crippen molar-refractivity contribution in [1.82, 2.24) is 20.2 Å². The minimum Gasteiger partial charge on any atom is -0.478 e. The van der Waals surface area contributed by atoms with Crippen LogP contribution in [0.3, 0.4) is 0 Å². The van der Waals surface area contributed by atoms with Crippen LogP contribution in [-0.2, 0) is 5.54 Å². The van der Waals surface area contributed by atoms with E-state index in [0.717, 1.165) is 33.4 Å². The molecule has 1 N–H and O–H groups in total. The summed E-state index contributed by atoms with van der Waals surface area (Å²) in [5, 5.41) is 22.8. The Morgan fingerprint density at radius 2 is 1.05 bits per heavy atom. The predicted octanol–water partition coefficient (Wildman–Crippen LogP) is 6.55. The fourth-order valence-electron chi connectivity index (χ4n) is 5.21. The molecule has 0 saturated heterocycles. The molecule has 1 aromatic heterocycles. The molecule has 6 heteroatoms. The van der Waals surface area contributed by atoms with Gasteiger partial charge in [0.1, 0.15) is 5.54 Å². The van der Waals surface area contributed by atoms with Crippen molar-refractivity contribution in [3.8, 4) is 22.5 Å². The molecule has 6 aromatic rings. The summed E-state index contributed by atoms with van der Waals surface area (Å²) in [6.45, 7) is 0. The molecule has 0 bridgehead atoms. The second-order valence-electron chi connectivity index (χ2n) is 9.15. The van der Waals surface area contributed by atoms with Gasteiger partial charge in [0, 0.05) is 5.56 Å². The first-order valence-corrected chi connectivity index (χ1v) is 12.6. The number of aromatic nitrogens is 4. The molecule has 0 fully saturated rings. The summed E-state index contributed by atoms with van der Waals surface area (Å²) in [6.07, 6.45) is 0. The molecule has 0 amide bonds. The summed E-state index contributed by atoms with van der Waals surface area (Å²) in [7, 11) is 0. The molecule has 0 aliphatic heterocycles. The van der Waals surface area contributed by atoms with Gasteiger partial charge in [-0.25, -0.2) is 9.48 Å². The standard InChI is InChI=1S/C33H24N4O2/c38-32(39)25-22-20-24(21-23-25)29-18-10-11-19-30(29)31-34-35-36-37(31)33(26-12-4-1-5-13-26,27-14-6-2-7-15-27)28-16-8-3-9-17-28/h1-23H,(H,38,39). The van der Waals surface area contributed by atoms with E-state index in [1.54, 1.807) is 12.1 Å². The lowest BCUT2D eigenvalue weighted by atomic mass is 9.77. The van der Waals surface area contributed by atoms with Gasteiger partial charge in [0.2, 0.25) is 0 Å². The van der Waals surface area contributed by atoms with Gasteiger partial charge in [0.05, 0.1) is 5.56 Å². The van der Waals surface area contributed by atoms with Crippen molar-refractivity contribution >= 4 is 5.97 Å². The van der Waals surface area contributed by atoms with E-state index in [4.69, 9.17) is 0 Å². The molecule has 0 aliphatic carbocycles. The van der Waals surface area contributed by atoms with Crippen molar-refractivity contribution in [3.63, 3.8) is 0 Å². The molecule has 39 heavy (non-hydrogen) atoms. The van der Waals surface area contributed by atoms with E-state index in [9.17, 15) is 9.90 Å². The molecule has 0 atom stereocenters. The average Bonchev–Trinajstić information content (AvgIpc) is 3.49. The fourth-order valence-corrected chi connectivity index (χ4v) is 5.21. The number of hydrogen-bond acceptors (Lipinski definition) is 4. The maximum absolute atomic E-state index is 11.4. The van der Waals surface area contributed by atoms with E-state index in [-0.39, 0.29) is 5.56 Å². The number of hydrogen-bond donors (Lipinski definition) is 1. The van der Waals surface area contributed by atoms with Gasteiger partial charge in [-0.05, 0) is 50.4 Å². The van der Waals surface area contributed by atoms with Crippen LogP contribution in [0, 0.1) is 0 Å². The predicted molar refractivity (Wildman–Crippen MR) is 150 cm³/mol. The van der Waals surface area contributed by atoms with Gasteiger partial charge in [0.15, 0.2) is 5.82 Å². The Morgan fingerprint density at radius 3 is 1.54 bits per heavy atom. The van der Waals surface area contributed by atoms with Crippen LogP contribution in [0.2, 0.25) is 0 Å². The first-order valence-electron chi connectivity index (χ1n) is 12.6. The van der Waals surface area contributed by atoms with E-state index in [1.165, 1.54) is 0 Å². The molecular weight excluding hydrogens is 484 g/mol. The van der Waals surface area contributed by atoms with Crippen molar-refractivity contribution < 1.29 is 9.90 Å². The quantitative estimate of drug-likeness (QED) is 0.248. The van der Waals surface area contributed by atoms with Gasteiger partial charge in [-0.2, -0.15) is 0 Å². The minimum absolute atomic E-state index is 0.234. The number of carbonyl (C=O) groups is 1. The third-order valence-electron chi connectivity index (χ3n) is 6.97. The van der Waals surface area contributed by atoms with E-state index >= 15 is 0 Å². The molecular formula is C33H24N4O2. The van der Waals surface area contributed by atoms with Crippen LogP contribution >= 0.6 is 0 Å². The van der Waals surface area contributed by atoms with Crippen molar-refractivity contribution in [2.24, 2.45) is 0 Å². The van der Waals surface area contributed by atoms with E-state index in [1.807, 2.05) is 95.7 Å². The second kappa shape index (κ2) is 10.2. The van der Waals surface area contributed by atoms with E-state index < -0.39 is 11.5 Å². The Hall–Kier alpha value is -5.36. The molecule has 0 unspecified atom stereocenters. The van der Waals surface area contributed by atoms with E-state index in [2.05, 4.69) is 51.9 Å². The first kappa shape index (κ1) is 24.0. The van der Waals surface area contributed by atoms with Crippen molar-refractivity contribution in [2.75, 3.05) is 0 Å². The summed E-state index contributed by atoms with van der Waals surface area (Å²) in [5.41, 5.74) is 5.00. The SMILES string of the molecule is O=C(O)c1ccc(-c2ccccc2-c2nnnn2C(c2ccccc2)(c2ccccc2)c2ccccc2)cc1. The van der Waals surface area contributed by atoms with Crippen LogP contribution in [0.15, 0.2) is 140 Å². The van der Waals surface area contributed by atoms with Crippen molar-refractivity contribution in [3.05, 3.63) is 162 Å². The minimum atomic E-state index is -0.961. The lowest BCUT2D eigenvalue weighted by Gasteiger charge is -2.36. The summed E-state index contributed by atoms with van der Waals surface area (Å²) in [4.78, 5) is 11.4. The highest BCUT2D eigenvalue weighted by atomic mass is 16.4. The summed E-state index contributed by atoms with van der Waals surface area (Å²) in [6, 6.07) is 45.5. The highest BCUT2D eigenvalue weighted by Gasteiger charge is 2.42. The van der Waals surface area contributed by atoms with Crippen LogP contribution in [0.5, 0.6) is 0 Å². The maximum Gasteiger partial charge on any atom is 0.335 e. The summed E-state index contributed by atoms with van der Waals surface area (Å²) >= 11 is 0. The number of aromatic carboxylic acids is 1. The third kappa shape index (κ3) is 4.18. The van der Waals surface area contributed by atoms with Gasteiger partial charge in [0.25, 0.3) is 0 Å². The Labute approximate surface area is 225 Å². The molecule has 0 spiro atoms. The monoisotopic (exact) mass is 508 g/mol. The van der Waals surface area contributed by atoms with Crippen LogP contribution in [0.4, 0.5) is 0 Å². The third-order valence-corrected chi connectivity index (χ3v) is 6.97. The topological polar surface area (TPSA) is 80.9 Å². The first-order chi connectivity index (χ1) is 19.2. The second-order valence-corrected chi connectivity index (χ2v) is 9.15. The molecule has 0 saturated carbocycles. The lowest BCUT2D eigenvalue weighted by molar-refractivity contribution is 0.0697. The zero-order valence-electron chi connectivity index (χ0n) is 20.9. The smallest absolute Gasteiger partial charge is 0.335 e. The Balaban J connectivity index is 1.65. The van der Waals surface area contributed by atoms with Gasteiger partial charge >= 0.3 is 5.97 Å². The Kier molecular flexibility index (Phi) is 6.27. The Morgan fingerprint density at radius 1 is 0.590 bits per heavy atom. The molecule has 6 rings (SSSR count). The number of carboxylic acid groups (broad SMARTS) is 1. The van der Waals surface area contributed by atoms with Crippen LogP contribution < -0.4 is 0 Å².